The zero-order valence-corrected chi connectivity index (χ0v) is 15.0. The second-order valence-corrected chi connectivity index (χ2v) is 8.52. The number of carboxylic acid groups (broad SMARTS) is 1. The van der Waals surface area contributed by atoms with Crippen LogP contribution in [-0.4, -0.2) is 35.9 Å². The fourth-order valence-corrected chi connectivity index (χ4v) is 4.04. The first-order chi connectivity index (χ1) is 9.46. The predicted octanol–water partition coefficient (Wildman–Crippen LogP) is 3.02. The summed E-state index contributed by atoms with van der Waals surface area (Å²) >= 11 is 3.34. The van der Waals surface area contributed by atoms with E-state index in [0.717, 1.165) is 10.0 Å². The fourth-order valence-electron chi connectivity index (χ4n) is 1.92. The van der Waals surface area contributed by atoms with Gasteiger partial charge in [0, 0.05) is 16.6 Å². The highest BCUT2D eigenvalue weighted by Crippen LogP contribution is 2.27. The van der Waals surface area contributed by atoms with Crippen LogP contribution in [0.2, 0.25) is 0 Å². The van der Waals surface area contributed by atoms with Crippen molar-refractivity contribution in [3.8, 4) is 0 Å². The molecule has 0 bridgehead atoms. The Hall–Kier alpha value is -0.920. The Balaban J connectivity index is 3.26. The van der Waals surface area contributed by atoms with E-state index in [0.29, 0.717) is 0 Å². The molecular formula is C14H20BrNO4S. The predicted molar refractivity (Wildman–Crippen MR) is 84.8 cm³/mol. The Morgan fingerprint density at radius 2 is 1.90 bits per heavy atom. The van der Waals surface area contributed by atoms with Crippen molar-refractivity contribution in [3.63, 3.8) is 0 Å². The second-order valence-electron chi connectivity index (χ2n) is 5.80. The molecule has 0 unspecified atom stereocenters. The first-order valence-electron chi connectivity index (χ1n) is 6.47. The molecule has 1 N–H and O–H groups in total. The molecule has 0 heterocycles. The van der Waals surface area contributed by atoms with Crippen molar-refractivity contribution in [2.75, 3.05) is 6.54 Å². The standard InChI is InChI=1S/C14H20BrNO4S/c1-10-9-11(5-6-12(10)15)21(19,20)16(14(2,3)4)8-7-13(17)18/h5-6,9H,7-8H2,1-4H3,(H,17,18). The lowest BCUT2D eigenvalue weighted by Gasteiger charge is -2.34. The van der Waals surface area contributed by atoms with E-state index >= 15 is 0 Å². The third-order valence-electron chi connectivity index (χ3n) is 2.99. The molecule has 21 heavy (non-hydrogen) atoms. The number of benzene rings is 1. The normalized spacial score (nSPS) is 12.7. The van der Waals surface area contributed by atoms with Crippen LogP contribution in [0.25, 0.3) is 0 Å². The second kappa shape index (κ2) is 6.46. The number of nitrogens with zero attached hydrogens (tertiary/aromatic N) is 1. The molecule has 0 aliphatic rings. The molecule has 1 aromatic rings. The topological polar surface area (TPSA) is 74.7 Å². The summed E-state index contributed by atoms with van der Waals surface area (Å²) in [6.45, 7) is 6.99. The van der Waals surface area contributed by atoms with Crippen molar-refractivity contribution in [2.24, 2.45) is 0 Å². The summed E-state index contributed by atoms with van der Waals surface area (Å²) in [5.74, 6) is -1.02. The molecule has 118 valence electrons. The lowest BCUT2D eigenvalue weighted by Crippen LogP contribution is -2.46. The van der Waals surface area contributed by atoms with E-state index in [1.54, 1.807) is 32.9 Å². The summed E-state index contributed by atoms with van der Waals surface area (Å²) < 4.78 is 27.6. The zero-order valence-electron chi connectivity index (χ0n) is 12.6. The zero-order chi connectivity index (χ0) is 16.4. The number of hydrogen-bond acceptors (Lipinski definition) is 3. The van der Waals surface area contributed by atoms with E-state index in [4.69, 9.17) is 5.11 Å². The Labute approximate surface area is 134 Å². The van der Waals surface area contributed by atoms with E-state index in [2.05, 4.69) is 15.9 Å². The molecule has 0 saturated heterocycles. The number of carbonyl (C=O) groups is 1. The molecular weight excluding hydrogens is 358 g/mol. The summed E-state index contributed by atoms with van der Waals surface area (Å²) in [7, 11) is -3.74. The van der Waals surface area contributed by atoms with Crippen LogP contribution in [0.1, 0.15) is 32.8 Å². The maximum atomic E-state index is 12.8. The summed E-state index contributed by atoms with van der Waals surface area (Å²) in [4.78, 5) is 10.9. The van der Waals surface area contributed by atoms with Crippen molar-refractivity contribution >= 4 is 31.9 Å². The van der Waals surface area contributed by atoms with Gasteiger partial charge in [0.25, 0.3) is 0 Å². The van der Waals surface area contributed by atoms with Crippen LogP contribution in [0, 0.1) is 6.92 Å². The molecule has 0 aliphatic carbocycles. The molecule has 0 fully saturated rings. The average molecular weight is 378 g/mol. The number of halogens is 1. The van der Waals surface area contributed by atoms with Crippen molar-refractivity contribution in [1.29, 1.82) is 0 Å². The maximum absolute atomic E-state index is 12.8. The van der Waals surface area contributed by atoms with Gasteiger partial charge in [-0.15, -0.1) is 0 Å². The van der Waals surface area contributed by atoms with Crippen LogP contribution in [0.15, 0.2) is 27.6 Å². The number of hydrogen-bond donors (Lipinski definition) is 1. The number of aryl methyl sites for hydroxylation is 1. The van der Waals surface area contributed by atoms with E-state index in [1.807, 2.05) is 6.92 Å². The van der Waals surface area contributed by atoms with E-state index in [-0.39, 0.29) is 17.9 Å². The van der Waals surface area contributed by atoms with Gasteiger partial charge < -0.3 is 5.11 Å². The third kappa shape index (κ3) is 4.52. The fraction of sp³-hybridized carbons (Fsp3) is 0.500. The number of rotatable bonds is 5. The van der Waals surface area contributed by atoms with Crippen LogP contribution >= 0.6 is 15.9 Å². The maximum Gasteiger partial charge on any atom is 0.304 e. The largest absolute Gasteiger partial charge is 0.481 e. The average Bonchev–Trinajstić information content (AvgIpc) is 2.30. The van der Waals surface area contributed by atoms with Gasteiger partial charge in [-0.2, -0.15) is 4.31 Å². The van der Waals surface area contributed by atoms with Crippen LogP contribution in [0.3, 0.4) is 0 Å². The first-order valence-corrected chi connectivity index (χ1v) is 8.70. The molecule has 0 radical (unpaired) electrons. The van der Waals surface area contributed by atoms with Crippen LogP contribution in [-0.2, 0) is 14.8 Å². The quantitative estimate of drug-likeness (QED) is 0.855. The van der Waals surface area contributed by atoms with Gasteiger partial charge in [-0.25, -0.2) is 8.42 Å². The number of sulfonamides is 1. The van der Waals surface area contributed by atoms with Gasteiger partial charge >= 0.3 is 5.97 Å². The first kappa shape index (κ1) is 18.1. The minimum atomic E-state index is -3.74. The lowest BCUT2D eigenvalue weighted by atomic mass is 10.1. The molecule has 0 aliphatic heterocycles. The molecule has 0 spiro atoms. The van der Waals surface area contributed by atoms with E-state index < -0.39 is 21.5 Å². The number of aliphatic carboxylic acids is 1. The van der Waals surface area contributed by atoms with Crippen molar-refractivity contribution in [3.05, 3.63) is 28.2 Å². The molecule has 1 aromatic carbocycles. The van der Waals surface area contributed by atoms with Gasteiger partial charge in [0.15, 0.2) is 0 Å². The van der Waals surface area contributed by atoms with Gasteiger partial charge in [-0.05, 0) is 51.5 Å². The Bertz CT molecular complexity index is 635. The van der Waals surface area contributed by atoms with Gasteiger partial charge in [-0.3, -0.25) is 4.79 Å². The van der Waals surface area contributed by atoms with Gasteiger partial charge in [0.2, 0.25) is 10.0 Å². The van der Waals surface area contributed by atoms with Crippen LogP contribution in [0.5, 0.6) is 0 Å². The van der Waals surface area contributed by atoms with Crippen LogP contribution in [0.4, 0.5) is 0 Å². The van der Waals surface area contributed by atoms with Crippen LogP contribution < -0.4 is 0 Å². The SMILES string of the molecule is Cc1cc(S(=O)(=O)N(CCC(=O)O)C(C)(C)C)ccc1Br. The highest BCUT2D eigenvalue weighted by molar-refractivity contribution is 9.10. The van der Waals surface area contributed by atoms with Gasteiger partial charge in [-0.1, -0.05) is 15.9 Å². The summed E-state index contributed by atoms with van der Waals surface area (Å²) in [5, 5.41) is 8.82. The highest BCUT2D eigenvalue weighted by atomic mass is 79.9. The molecule has 7 heteroatoms. The monoisotopic (exact) mass is 377 g/mol. The Morgan fingerprint density at radius 3 is 2.33 bits per heavy atom. The van der Waals surface area contributed by atoms with E-state index in [1.165, 1.54) is 10.4 Å². The molecule has 5 nitrogen and oxygen atoms in total. The van der Waals surface area contributed by atoms with E-state index in [9.17, 15) is 13.2 Å². The third-order valence-corrected chi connectivity index (χ3v) is 6.04. The lowest BCUT2D eigenvalue weighted by molar-refractivity contribution is -0.137. The summed E-state index contributed by atoms with van der Waals surface area (Å²) in [6, 6.07) is 4.78. The minimum absolute atomic E-state index is 0.0592. The molecule has 0 aromatic heterocycles. The number of carboxylic acids is 1. The smallest absolute Gasteiger partial charge is 0.304 e. The molecule has 0 atom stereocenters. The van der Waals surface area contributed by atoms with Crippen molar-refractivity contribution in [2.45, 2.75) is 44.6 Å². The summed E-state index contributed by atoms with van der Waals surface area (Å²) in [5.41, 5.74) is 0.109. The van der Waals surface area contributed by atoms with Crippen molar-refractivity contribution in [1.82, 2.24) is 4.31 Å². The molecule has 1 rings (SSSR count). The molecule has 0 saturated carbocycles. The van der Waals surface area contributed by atoms with Crippen molar-refractivity contribution < 1.29 is 18.3 Å². The Morgan fingerprint density at radius 1 is 1.33 bits per heavy atom. The van der Waals surface area contributed by atoms with Gasteiger partial charge in [0.05, 0.1) is 11.3 Å². The van der Waals surface area contributed by atoms with Gasteiger partial charge in [0.1, 0.15) is 0 Å². The summed E-state index contributed by atoms with van der Waals surface area (Å²) in [6.07, 6.45) is -0.230. The minimum Gasteiger partial charge on any atom is -0.481 e. The molecule has 0 amide bonds. The highest BCUT2D eigenvalue weighted by Gasteiger charge is 2.34. The Kier molecular flexibility index (Phi) is 5.57.